The van der Waals surface area contributed by atoms with Crippen molar-refractivity contribution in [2.24, 2.45) is 0 Å². The van der Waals surface area contributed by atoms with Gasteiger partial charge in [0.2, 0.25) is 0 Å². The number of anilines is 1. The molecule has 3 nitrogen and oxygen atoms in total. The summed E-state index contributed by atoms with van der Waals surface area (Å²) in [5, 5.41) is 3.21. The van der Waals surface area contributed by atoms with Crippen LogP contribution in [0.4, 0.5) is 5.82 Å². The van der Waals surface area contributed by atoms with Crippen LogP contribution in [0.25, 0.3) is 0 Å². The smallest absolute Gasteiger partial charge is 0.168 e. The molecule has 0 aromatic carbocycles. The van der Waals surface area contributed by atoms with Gasteiger partial charge in [-0.25, -0.2) is 4.98 Å². The van der Waals surface area contributed by atoms with Gasteiger partial charge in [-0.1, -0.05) is 6.08 Å². The number of nitrogens with zero attached hydrogens (tertiary/aromatic N) is 1. The van der Waals surface area contributed by atoms with Crippen molar-refractivity contribution < 1.29 is 4.74 Å². The van der Waals surface area contributed by atoms with Crippen LogP contribution in [0.3, 0.4) is 0 Å². The number of nitrogens with one attached hydrogen (secondary N) is 1. The minimum absolute atomic E-state index is 0.161. The Labute approximate surface area is 91.2 Å². The molecule has 0 unspecified atom stereocenters. The maximum Gasteiger partial charge on any atom is 0.168 e. The maximum absolute atomic E-state index is 5.63. The van der Waals surface area contributed by atoms with Gasteiger partial charge >= 0.3 is 0 Å². The predicted molar refractivity (Wildman–Crippen MR) is 63.3 cm³/mol. The molecular formula is C12H18N2O. The Bertz CT molecular complexity index is 310. The second-order valence-corrected chi connectivity index (χ2v) is 3.52. The summed E-state index contributed by atoms with van der Waals surface area (Å²) in [6.07, 6.45) is 4.70. The monoisotopic (exact) mass is 206 g/mol. The molecular weight excluding hydrogens is 188 g/mol. The van der Waals surface area contributed by atoms with E-state index in [4.69, 9.17) is 4.74 Å². The van der Waals surface area contributed by atoms with E-state index in [9.17, 15) is 0 Å². The van der Waals surface area contributed by atoms with Crippen LogP contribution in [0.1, 0.15) is 20.3 Å². The molecule has 0 fully saturated rings. The van der Waals surface area contributed by atoms with Gasteiger partial charge in [0.15, 0.2) is 11.6 Å². The minimum atomic E-state index is 0.161. The topological polar surface area (TPSA) is 34.2 Å². The van der Waals surface area contributed by atoms with Crippen LogP contribution in [0, 0.1) is 0 Å². The van der Waals surface area contributed by atoms with E-state index in [0.29, 0.717) is 0 Å². The molecule has 3 heteroatoms. The highest BCUT2D eigenvalue weighted by Crippen LogP contribution is 2.21. The van der Waals surface area contributed by atoms with Gasteiger partial charge in [0.1, 0.15) is 0 Å². The van der Waals surface area contributed by atoms with Gasteiger partial charge in [0.05, 0.1) is 6.10 Å². The molecule has 0 aliphatic carbocycles. The third-order valence-corrected chi connectivity index (χ3v) is 1.77. The van der Waals surface area contributed by atoms with E-state index < -0.39 is 0 Å². The van der Waals surface area contributed by atoms with Gasteiger partial charge in [0.25, 0.3) is 0 Å². The molecule has 0 bridgehead atoms. The summed E-state index contributed by atoms with van der Waals surface area (Å²) in [4.78, 5) is 4.23. The van der Waals surface area contributed by atoms with Gasteiger partial charge in [-0.05, 0) is 32.4 Å². The fourth-order valence-corrected chi connectivity index (χ4v) is 1.16. The molecule has 1 N–H and O–H groups in total. The van der Waals surface area contributed by atoms with Crippen LogP contribution in [0.5, 0.6) is 5.75 Å². The predicted octanol–water partition coefficient (Wildman–Crippen LogP) is 2.86. The number of hydrogen-bond acceptors (Lipinski definition) is 3. The Morgan fingerprint density at radius 1 is 1.60 bits per heavy atom. The number of ether oxygens (including phenoxy) is 1. The van der Waals surface area contributed by atoms with E-state index in [1.807, 2.05) is 32.1 Å². The molecule has 1 aromatic rings. The molecule has 1 rings (SSSR count). The fraction of sp³-hybridized carbons (Fsp3) is 0.417. The van der Waals surface area contributed by atoms with E-state index in [1.54, 1.807) is 6.20 Å². The summed E-state index contributed by atoms with van der Waals surface area (Å²) < 4.78 is 5.63. The van der Waals surface area contributed by atoms with E-state index in [2.05, 4.69) is 16.9 Å². The molecule has 82 valence electrons. The summed E-state index contributed by atoms with van der Waals surface area (Å²) in [7, 11) is 0. The zero-order valence-corrected chi connectivity index (χ0v) is 9.36. The van der Waals surface area contributed by atoms with Gasteiger partial charge in [-0.3, -0.25) is 0 Å². The van der Waals surface area contributed by atoms with Crippen molar-refractivity contribution in [1.29, 1.82) is 0 Å². The van der Waals surface area contributed by atoms with Gasteiger partial charge < -0.3 is 10.1 Å². The fourth-order valence-electron chi connectivity index (χ4n) is 1.16. The van der Waals surface area contributed by atoms with E-state index in [-0.39, 0.29) is 6.10 Å². The first-order chi connectivity index (χ1) is 7.24. The minimum Gasteiger partial charge on any atom is -0.487 e. The highest BCUT2D eigenvalue weighted by molar-refractivity contribution is 5.49. The van der Waals surface area contributed by atoms with E-state index >= 15 is 0 Å². The summed E-state index contributed by atoms with van der Waals surface area (Å²) in [6.45, 7) is 8.50. The quantitative estimate of drug-likeness (QED) is 0.574. The number of rotatable bonds is 6. The van der Waals surface area contributed by atoms with Crippen LogP contribution >= 0.6 is 0 Å². The lowest BCUT2D eigenvalue weighted by Crippen LogP contribution is -2.10. The largest absolute Gasteiger partial charge is 0.487 e. The number of pyridine rings is 1. The average molecular weight is 206 g/mol. The Morgan fingerprint density at radius 2 is 2.40 bits per heavy atom. The van der Waals surface area contributed by atoms with Crippen LogP contribution in [0.2, 0.25) is 0 Å². The first-order valence-electron chi connectivity index (χ1n) is 5.20. The highest BCUT2D eigenvalue weighted by Gasteiger charge is 2.04. The van der Waals surface area contributed by atoms with Gasteiger partial charge in [-0.2, -0.15) is 0 Å². The van der Waals surface area contributed by atoms with Gasteiger partial charge in [-0.15, -0.1) is 6.58 Å². The average Bonchev–Trinajstić information content (AvgIpc) is 2.20. The first kappa shape index (κ1) is 11.6. The normalized spacial score (nSPS) is 10.1. The zero-order chi connectivity index (χ0) is 11.1. The third kappa shape index (κ3) is 4.02. The van der Waals surface area contributed by atoms with Crippen molar-refractivity contribution in [2.45, 2.75) is 26.4 Å². The van der Waals surface area contributed by atoms with Crippen LogP contribution in [-0.2, 0) is 0 Å². The SMILES string of the molecule is C=CCCNc1ncccc1OC(C)C. The first-order valence-corrected chi connectivity index (χ1v) is 5.20. The lowest BCUT2D eigenvalue weighted by molar-refractivity contribution is 0.243. The Hall–Kier alpha value is -1.51. The number of aromatic nitrogens is 1. The van der Waals surface area contributed by atoms with E-state index in [0.717, 1.165) is 24.5 Å². The molecule has 0 radical (unpaired) electrons. The molecule has 0 saturated carbocycles. The van der Waals surface area contributed by atoms with Crippen LogP contribution in [0.15, 0.2) is 31.0 Å². The van der Waals surface area contributed by atoms with E-state index in [1.165, 1.54) is 0 Å². The number of hydrogen-bond donors (Lipinski definition) is 1. The van der Waals surface area contributed by atoms with Crippen LogP contribution in [-0.4, -0.2) is 17.6 Å². The Morgan fingerprint density at radius 3 is 3.07 bits per heavy atom. The maximum atomic E-state index is 5.63. The molecule has 15 heavy (non-hydrogen) atoms. The Kier molecular flexibility index (Phi) is 4.68. The second kappa shape index (κ2) is 6.06. The molecule has 0 saturated heterocycles. The van der Waals surface area contributed by atoms with Crippen molar-refractivity contribution in [3.63, 3.8) is 0 Å². The summed E-state index contributed by atoms with van der Waals surface area (Å²) in [5.41, 5.74) is 0. The zero-order valence-electron chi connectivity index (χ0n) is 9.36. The third-order valence-electron chi connectivity index (χ3n) is 1.77. The standard InChI is InChI=1S/C12H18N2O/c1-4-5-8-13-12-11(15-10(2)3)7-6-9-14-12/h4,6-7,9-10H,1,5,8H2,2-3H3,(H,13,14). The highest BCUT2D eigenvalue weighted by atomic mass is 16.5. The summed E-state index contributed by atoms with van der Waals surface area (Å²) >= 11 is 0. The second-order valence-electron chi connectivity index (χ2n) is 3.52. The molecule has 0 aliphatic rings. The molecule has 1 heterocycles. The van der Waals surface area contributed by atoms with Crippen molar-refractivity contribution in [3.05, 3.63) is 31.0 Å². The lowest BCUT2D eigenvalue weighted by atomic mass is 10.3. The van der Waals surface area contributed by atoms with Crippen molar-refractivity contribution in [3.8, 4) is 5.75 Å². The van der Waals surface area contributed by atoms with Crippen molar-refractivity contribution in [2.75, 3.05) is 11.9 Å². The molecule has 0 aliphatic heterocycles. The van der Waals surface area contributed by atoms with Crippen LogP contribution < -0.4 is 10.1 Å². The van der Waals surface area contributed by atoms with Crippen molar-refractivity contribution in [1.82, 2.24) is 4.98 Å². The molecule has 0 amide bonds. The van der Waals surface area contributed by atoms with Gasteiger partial charge in [0, 0.05) is 12.7 Å². The Balaban J connectivity index is 2.63. The van der Waals surface area contributed by atoms with Crippen molar-refractivity contribution >= 4 is 5.82 Å². The lowest BCUT2D eigenvalue weighted by Gasteiger charge is -2.13. The molecule has 0 atom stereocenters. The summed E-state index contributed by atoms with van der Waals surface area (Å²) in [6, 6.07) is 3.79. The summed E-state index contributed by atoms with van der Waals surface area (Å²) in [5.74, 6) is 1.60. The molecule has 1 aromatic heterocycles. The molecule has 0 spiro atoms.